The van der Waals surface area contributed by atoms with E-state index in [2.05, 4.69) is 20.7 Å². The standard InChI is InChI=1S/C24H22N6O3/c1-17(21-9-5-6-12-25-21)27-22-11-10-19(13-23(22)30(32)33)24(31)28-20-14-26-29(16-20)15-18-7-3-2-4-8-18/h2-14,16-17,27H,15H2,1H3,(H,28,31). The zero-order valence-electron chi connectivity index (χ0n) is 17.9. The summed E-state index contributed by atoms with van der Waals surface area (Å²) in [5, 5.41) is 21.8. The Balaban J connectivity index is 1.47. The van der Waals surface area contributed by atoms with Crippen molar-refractivity contribution >= 4 is 23.0 Å². The first-order chi connectivity index (χ1) is 16.0. The molecule has 166 valence electrons. The van der Waals surface area contributed by atoms with Crippen molar-refractivity contribution in [1.82, 2.24) is 14.8 Å². The Labute approximate surface area is 190 Å². The predicted octanol–water partition coefficient (Wildman–Crippen LogP) is 4.66. The molecule has 1 atom stereocenters. The van der Waals surface area contributed by atoms with Crippen LogP contribution in [0.3, 0.4) is 0 Å². The minimum atomic E-state index is -0.512. The van der Waals surface area contributed by atoms with Gasteiger partial charge in [0.2, 0.25) is 0 Å². The Bertz CT molecular complexity index is 1260. The molecule has 2 N–H and O–H groups in total. The van der Waals surface area contributed by atoms with Gasteiger partial charge in [-0.25, -0.2) is 0 Å². The number of amides is 1. The maximum absolute atomic E-state index is 12.7. The van der Waals surface area contributed by atoms with Crippen LogP contribution >= 0.6 is 0 Å². The number of pyridine rings is 1. The number of carbonyl (C=O) groups is 1. The monoisotopic (exact) mass is 442 g/mol. The van der Waals surface area contributed by atoms with Crippen LogP contribution in [0.1, 0.15) is 34.6 Å². The van der Waals surface area contributed by atoms with Crippen LogP contribution in [0.4, 0.5) is 17.1 Å². The van der Waals surface area contributed by atoms with Crippen LogP contribution in [0.15, 0.2) is 85.3 Å². The third kappa shape index (κ3) is 5.40. The van der Waals surface area contributed by atoms with Gasteiger partial charge in [-0.15, -0.1) is 0 Å². The molecular formula is C24H22N6O3. The zero-order valence-corrected chi connectivity index (χ0v) is 17.9. The molecule has 0 spiro atoms. The van der Waals surface area contributed by atoms with E-state index in [1.807, 2.05) is 49.4 Å². The fraction of sp³-hybridized carbons (Fsp3) is 0.125. The third-order valence-electron chi connectivity index (χ3n) is 5.04. The van der Waals surface area contributed by atoms with Crippen molar-refractivity contribution < 1.29 is 9.72 Å². The Morgan fingerprint density at radius 1 is 1.12 bits per heavy atom. The van der Waals surface area contributed by atoms with Crippen molar-refractivity contribution in [2.45, 2.75) is 19.5 Å². The molecule has 1 unspecified atom stereocenters. The summed E-state index contributed by atoms with van der Waals surface area (Å²) in [4.78, 5) is 28.1. The molecule has 0 aliphatic heterocycles. The summed E-state index contributed by atoms with van der Waals surface area (Å²) in [6.07, 6.45) is 4.92. The molecule has 0 bridgehead atoms. The number of hydrogen-bond acceptors (Lipinski definition) is 6. The zero-order chi connectivity index (χ0) is 23.2. The van der Waals surface area contributed by atoms with Crippen molar-refractivity contribution in [3.63, 3.8) is 0 Å². The van der Waals surface area contributed by atoms with Crippen molar-refractivity contribution in [3.8, 4) is 0 Å². The van der Waals surface area contributed by atoms with E-state index in [1.54, 1.807) is 35.4 Å². The van der Waals surface area contributed by atoms with E-state index in [9.17, 15) is 14.9 Å². The number of anilines is 2. The summed E-state index contributed by atoms with van der Waals surface area (Å²) in [6, 6.07) is 19.4. The molecule has 0 aliphatic rings. The molecule has 4 rings (SSSR count). The molecule has 1 amide bonds. The average Bonchev–Trinajstić information content (AvgIpc) is 3.26. The van der Waals surface area contributed by atoms with Gasteiger partial charge in [-0.2, -0.15) is 5.10 Å². The molecule has 33 heavy (non-hydrogen) atoms. The van der Waals surface area contributed by atoms with Gasteiger partial charge in [0.05, 0.1) is 35.1 Å². The van der Waals surface area contributed by atoms with Gasteiger partial charge in [0.1, 0.15) is 5.69 Å². The largest absolute Gasteiger partial charge is 0.371 e. The number of nitro groups is 1. The van der Waals surface area contributed by atoms with E-state index < -0.39 is 10.8 Å². The number of hydrogen-bond donors (Lipinski definition) is 2. The van der Waals surface area contributed by atoms with Gasteiger partial charge in [-0.1, -0.05) is 36.4 Å². The van der Waals surface area contributed by atoms with Crippen molar-refractivity contribution in [2.75, 3.05) is 10.6 Å². The van der Waals surface area contributed by atoms with Gasteiger partial charge in [0, 0.05) is 24.0 Å². The smallest absolute Gasteiger partial charge is 0.293 e. The molecule has 9 nitrogen and oxygen atoms in total. The molecule has 4 aromatic rings. The van der Waals surface area contributed by atoms with Crippen LogP contribution in [0, 0.1) is 10.1 Å². The Morgan fingerprint density at radius 2 is 1.91 bits per heavy atom. The molecule has 0 radical (unpaired) electrons. The Morgan fingerprint density at radius 3 is 2.64 bits per heavy atom. The maximum Gasteiger partial charge on any atom is 0.293 e. The van der Waals surface area contributed by atoms with Crippen LogP contribution in [-0.4, -0.2) is 25.6 Å². The lowest BCUT2D eigenvalue weighted by atomic mass is 10.1. The van der Waals surface area contributed by atoms with Gasteiger partial charge in [-0.05, 0) is 36.8 Å². The van der Waals surface area contributed by atoms with Gasteiger partial charge in [0.25, 0.3) is 11.6 Å². The van der Waals surface area contributed by atoms with E-state index >= 15 is 0 Å². The molecular weight excluding hydrogens is 420 g/mol. The summed E-state index contributed by atoms with van der Waals surface area (Å²) in [7, 11) is 0. The van der Waals surface area contributed by atoms with E-state index in [0.29, 0.717) is 17.9 Å². The summed E-state index contributed by atoms with van der Waals surface area (Å²) < 4.78 is 1.71. The Hall–Kier alpha value is -4.53. The molecule has 2 aromatic heterocycles. The van der Waals surface area contributed by atoms with Crippen molar-refractivity contribution in [2.24, 2.45) is 0 Å². The van der Waals surface area contributed by atoms with E-state index in [-0.39, 0.29) is 17.3 Å². The second-order valence-electron chi connectivity index (χ2n) is 7.48. The van der Waals surface area contributed by atoms with E-state index in [0.717, 1.165) is 11.3 Å². The van der Waals surface area contributed by atoms with Crippen LogP contribution in [0.25, 0.3) is 0 Å². The lowest BCUT2D eigenvalue weighted by molar-refractivity contribution is -0.384. The summed E-state index contributed by atoms with van der Waals surface area (Å²) in [6.45, 7) is 2.43. The lowest BCUT2D eigenvalue weighted by Crippen LogP contribution is -2.13. The quantitative estimate of drug-likeness (QED) is 0.303. The fourth-order valence-corrected chi connectivity index (χ4v) is 3.37. The number of carbonyl (C=O) groups excluding carboxylic acids is 1. The normalized spacial score (nSPS) is 11.5. The highest BCUT2D eigenvalue weighted by Gasteiger charge is 2.20. The summed E-state index contributed by atoms with van der Waals surface area (Å²) in [5.74, 6) is -0.457. The van der Waals surface area contributed by atoms with Crippen LogP contribution in [0.5, 0.6) is 0 Å². The highest BCUT2D eigenvalue weighted by molar-refractivity contribution is 6.05. The first-order valence-electron chi connectivity index (χ1n) is 10.3. The molecule has 2 aromatic carbocycles. The molecule has 0 fully saturated rings. The number of nitrogens with zero attached hydrogens (tertiary/aromatic N) is 4. The average molecular weight is 442 g/mol. The molecule has 2 heterocycles. The van der Waals surface area contributed by atoms with Gasteiger partial charge >= 0.3 is 0 Å². The number of rotatable bonds is 8. The van der Waals surface area contributed by atoms with Crippen molar-refractivity contribution in [3.05, 3.63) is 112 Å². The third-order valence-corrected chi connectivity index (χ3v) is 5.04. The number of benzene rings is 2. The van der Waals surface area contributed by atoms with Gasteiger partial charge in [0.15, 0.2) is 0 Å². The highest BCUT2D eigenvalue weighted by atomic mass is 16.6. The minimum Gasteiger partial charge on any atom is -0.371 e. The van der Waals surface area contributed by atoms with Crippen molar-refractivity contribution in [1.29, 1.82) is 0 Å². The van der Waals surface area contributed by atoms with Crippen LogP contribution in [0.2, 0.25) is 0 Å². The van der Waals surface area contributed by atoms with E-state index in [4.69, 9.17) is 0 Å². The summed E-state index contributed by atoms with van der Waals surface area (Å²) in [5.41, 5.74) is 2.63. The molecule has 0 saturated heterocycles. The van der Waals surface area contributed by atoms with Gasteiger partial charge in [-0.3, -0.25) is 24.6 Å². The molecule has 0 saturated carbocycles. The SMILES string of the molecule is CC(Nc1ccc(C(=O)Nc2cnn(Cc3ccccc3)c2)cc1[N+](=O)[O-])c1ccccn1. The van der Waals surface area contributed by atoms with Crippen LogP contribution in [-0.2, 0) is 6.54 Å². The van der Waals surface area contributed by atoms with E-state index in [1.165, 1.54) is 12.1 Å². The fourth-order valence-electron chi connectivity index (χ4n) is 3.37. The van der Waals surface area contributed by atoms with Crippen LogP contribution < -0.4 is 10.6 Å². The molecule has 9 heteroatoms. The number of nitro benzene ring substituents is 1. The molecule has 0 aliphatic carbocycles. The number of aromatic nitrogens is 3. The number of nitrogens with one attached hydrogen (secondary N) is 2. The predicted molar refractivity (Wildman–Crippen MR) is 125 cm³/mol. The second kappa shape index (κ2) is 9.73. The second-order valence-corrected chi connectivity index (χ2v) is 7.48. The first kappa shape index (κ1) is 21.7. The highest BCUT2D eigenvalue weighted by Crippen LogP contribution is 2.29. The maximum atomic E-state index is 12.7. The summed E-state index contributed by atoms with van der Waals surface area (Å²) >= 11 is 0. The lowest BCUT2D eigenvalue weighted by Gasteiger charge is -2.15. The Kier molecular flexibility index (Phi) is 6.40. The van der Waals surface area contributed by atoms with Gasteiger partial charge < -0.3 is 10.6 Å². The first-order valence-corrected chi connectivity index (χ1v) is 10.3. The minimum absolute atomic E-state index is 0.175. The topological polar surface area (TPSA) is 115 Å².